The van der Waals surface area contributed by atoms with E-state index in [1.807, 2.05) is 18.7 Å². The van der Waals surface area contributed by atoms with Crippen LogP contribution in [0, 0.1) is 5.41 Å². The van der Waals surface area contributed by atoms with Gasteiger partial charge in [-0.1, -0.05) is 65.2 Å². The van der Waals surface area contributed by atoms with Gasteiger partial charge in [0.15, 0.2) is 0 Å². The van der Waals surface area contributed by atoms with Gasteiger partial charge < -0.3 is 9.47 Å². The Kier molecular flexibility index (Phi) is 8.56. The number of nitrogens with zero attached hydrogens (tertiary/aromatic N) is 2. The molecule has 0 radical (unpaired) electrons. The van der Waals surface area contributed by atoms with Gasteiger partial charge >= 0.3 is 0 Å². The smallest absolute Gasteiger partial charge is 0.236 e. The Balaban J connectivity index is 1.85. The molecule has 1 aromatic heterocycles. The quantitative estimate of drug-likeness (QED) is 0.345. The Morgan fingerprint density at radius 1 is 1.03 bits per heavy atom. The molecule has 0 bridgehead atoms. The number of aryl methyl sites for hydroxylation is 1. The minimum absolute atomic E-state index is 0.0871. The molecule has 2 aromatic rings. The zero-order valence-electron chi connectivity index (χ0n) is 20.7. The van der Waals surface area contributed by atoms with Crippen molar-refractivity contribution in [3.05, 3.63) is 36.0 Å². The van der Waals surface area contributed by atoms with Gasteiger partial charge in [-0.05, 0) is 43.7 Å². The van der Waals surface area contributed by atoms with Crippen LogP contribution in [0.2, 0.25) is 0 Å². The summed E-state index contributed by atoms with van der Waals surface area (Å²) in [5.41, 5.74) is 1.84. The van der Waals surface area contributed by atoms with Gasteiger partial charge in [-0.15, -0.1) is 0 Å². The van der Waals surface area contributed by atoms with Crippen molar-refractivity contribution < 1.29 is 9.59 Å². The molecule has 4 heteroatoms. The lowest BCUT2D eigenvalue weighted by molar-refractivity contribution is -0.150. The number of unbranched alkanes of at least 4 members (excludes halogenated alkanes) is 2. The van der Waals surface area contributed by atoms with E-state index in [9.17, 15) is 9.59 Å². The first-order chi connectivity index (χ1) is 15.5. The zero-order valence-corrected chi connectivity index (χ0v) is 20.7. The molecule has 1 aliphatic heterocycles. The highest BCUT2D eigenvalue weighted by Crippen LogP contribution is 2.39. The highest BCUT2D eigenvalue weighted by Gasteiger charge is 2.46. The predicted octanol–water partition coefficient (Wildman–Crippen LogP) is 6.71. The third-order valence-electron chi connectivity index (χ3n) is 7.47. The van der Waals surface area contributed by atoms with Gasteiger partial charge in [-0.3, -0.25) is 9.59 Å². The van der Waals surface area contributed by atoms with E-state index in [0.717, 1.165) is 45.3 Å². The molecule has 0 N–H and O–H groups in total. The molecule has 1 amide bonds. The summed E-state index contributed by atoms with van der Waals surface area (Å²) in [5, 5.41) is 1.32. The molecular weight excluding hydrogens is 396 g/mol. The number of Topliss-reactive ketones (excluding diaryl/α,β-unsaturated/α-hetero) is 1. The number of hydrogen-bond acceptors (Lipinski definition) is 2. The summed E-state index contributed by atoms with van der Waals surface area (Å²) < 4.78 is 2.39. The van der Waals surface area contributed by atoms with Crippen molar-refractivity contribution in [2.45, 2.75) is 97.9 Å². The SMILES string of the molecule is CCCCn1cc(C2CCN(C(=O)C(CC)(CCCC)C(=O)CCC)C2)c2ccccc21. The normalized spacial score (nSPS) is 18.2. The Morgan fingerprint density at radius 3 is 2.47 bits per heavy atom. The number of fused-ring (bicyclic) bond motifs is 1. The number of hydrogen-bond donors (Lipinski definition) is 0. The number of benzene rings is 1. The van der Waals surface area contributed by atoms with Crippen LogP contribution in [-0.4, -0.2) is 34.2 Å². The molecule has 2 atom stereocenters. The Morgan fingerprint density at radius 2 is 1.78 bits per heavy atom. The fraction of sp³-hybridized carbons (Fsp3) is 0.643. The van der Waals surface area contributed by atoms with E-state index >= 15 is 0 Å². The lowest BCUT2D eigenvalue weighted by Gasteiger charge is -2.34. The number of ketones is 1. The van der Waals surface area contributed by atoms with Gasteiger partial charge in [0.1, 0.15) is 11.2 Å². The van der Waals surface area contributed by atoms with Crippen LogP contribution in [0.3, 0.4) is 0 Å². The van der Waals surface area contributed by atoms with Crippen LogP contribution in [0.4, 0.5) is 0 Å². The van der Waals surface area contributed by atoms with Crippen LogP contribution in [0.15, 0.2) is 30.5 Å². The van der Waals surface area contributed by atoms with Gasteiger partial charge in [0.2, 0.25) is 5.91 Å². The first-order valence-electron chi connectivity index (χ1n) is 12.9. The second-order valence-electron chi connectivity index (χ2n) is 9.60. The van der Waals surface area contributed by atoms with Gasteiger partial charge in [0, 0.05) is 49.1 Å². The number of aromatic nitrogens is 1. The summed E-state index contributed by atoms with van der Waals surface area (Å²) in [6, 6.07) is 8.66. The maximum atomic E-state index is 13.8. The monoisotopic (exact) mass is 438 g/mol. The Labute approximate surface area is 194 Å². The Bertz CT molecular complexity index is 915. The van der Waals surface area contributed by atoms with Crippen LogP contribution in [0.25, 0.3) is 10.9 Å². The molecule has 1 aromatic carbocycles. The summed E-state index contributed by atoms with van der Waals surface area (Å²) in [6.45, 7) is 10.9. The van der Waals surface area contributed by atoms with Crippen molar-refractivity contribution in [1.82, 2.24) is 9.47 Å². The van der Waals surface area contributed by atoms with Crippen molar-refractivity contribution in [3.63, 3.8) is 0 Å². The third kappa shape index (κ3) is 4.79. The number of carbonyl (C=O) groups is 2. The van der Waals surface area contributed by atoms with E-state index in [1.54, 1.807) is 0 Å². The second kappa shape index (κ2) is 11.2. The molecule has 2 heterocycles. The fourth-order valence-corrected chi connectivity index (χ4v) is 5.45. The number of para-hydroxylation sites is 1. The summed E-state index contributed by atoms with van der Waals surface area (Å²) in [4.78, 5) is 29.0. The van der Waals surface area contributed by atoms with Crippen molar-refractivity contribution in [2.75, 3.05) is 13.1 Å². The summed E-state index contributed by atoms with van der Waals surface area (Å²) in [6.07, 6.45) is 10.2. The number of carbonyl (C=O) groups excluding carboxylic acids is 2. The maximum Gasteiger partial charge on any atom is 0.236 e. The summed E-state index contributed by atoms with van der Waals surface area (Å²) in [5.74, 6) is 0.582. The van der Waals surface area contributed by atoms with Crippen LogP contribution >= 0.6 is 0 Å². The average molecular weight is 439 g/mol. The Hall–Kier alpha value is -2.10. The molecule has 0 saturated carbocycles. The first-order valence-corrected chi connectivity index (χ1v) is 12.9. The van der Waals surface area contributed by atoms with E-state index in [-0.39, 0.29) is 11.7 Å². The van der Waals surface area contributed by atoms with Gasteiger partial charge in [0.05, 0.1) is 0 Å². The van der Waals surface area contributed by atoms with Crippen LogP contribution in [0.1, 0.15) is 97.0 Å². The number of amides is 1. The molecule has 1 aliphatic rings. The van der Waals surface area contributed by atoms with E-state index in [0.29, 0.717) is 25.2 Å². The zero-order chi connectivity index (χ0) is 23.1. The average Bonchev–Trinajstić information content (AvgIpc) is 3.43. The lowest BCUT2D eigenvalue weighted by atomic mass is 9.73. The fourth-order valence-electron chi connectivity index (χ4n) is 5.45. The highest BCUT2D eigenvalue weighted by molar-refractivity contribution is 6.06. The van der Waals surface area contributed by atoms with Crippen LogP contribution in [-0.2, 0) is 16.1 Å². The second-order valence-corrected chi connectivity index (χ2v) is 9.60. The molecular formula is C28H42N2O2. The van der Waals surface area contributed by atoms with Gasteiger partial charge in [-0.25, -0.2) is 0 Å². The standard InChI is InChI=1S/C28H42N2O2/c1-5-9-17-28(8-4,26(31)13-7-3)27(32)30-19-16-22(20-30)24-21-29(18-10-6-2)25-15-12-11-14-23(24)25/h11-12,14-15,21-22H,5-10,13,16-20H2,1-4H3. The minimum atomic E-state index is -0.823. The van der Waals surface area contributed by atoms with Gasteiger partial charge in [0.25, 0.3) is 0 Å². The first kappa shape index (κ1) is 24.5. The number of likely N-dealkylation sites (tertiary alicyclic amines) is 1. The number of rotatable bonds is 12. The predicted molar refractivity (Wildman–Crippen MR) is 133 cm³/mol. The van der Waals surface area contributed by atoms with E-state index in [2.05, 4.69) is 48.9 Å². The summed E-state index contributed by atoms with van der Waals surface area (Å²) >= 11 is 0. The molecule has 0 aliphatic carbocycles. The highest BCUT2D eigenvalue weighted by atomic mass is 16.2. The van der Waals surface area contributed by atoms with Gasteiger partial charge in [-0.2, -0.15) is 0 Å². The topological polar surface area (TPSA) is 42.3 Å². The molecule has 2 unspecified atom stereocenters. The lowest BCUT2D eigenvalue weighted by Crippen LogP contribution is -2.47. The molecule has 4 nitrogen and oxygen atoms in total. The van der Waals surface area contributed by atoms with Crippen molar-refractivity contribution in [2.24, 2.45) is 5.41 Å². The molecule has 0 spiro atoms. The summed E-state index contributed by atoms with van der Waals surface area (Å²) in [7, 11) is 0. The van der Waals surface area contributed by atoms with E-state index in [4.69, 9.17) is 0 Å². The minimum Gasteiger partial charge on any atom is -0.347 e. The molecule has 3 rings (SSSR count). The largest absolute Gasteiger partial charge is 0.347 e. The van der Waals surface area contributed by atoms with Crippen molar-refractivity contribution in [1.29, 1.82) is 0 Å². The molecule has 32 heavy (non-hydrogen) atoms. The molecule has 176 valence electrons. The van der Waals surface area contributed by atoms with Crippen molar-refractivity contribution >= 4 is 22.6 Å². The molecule has 1 fully saturated rings. The van der Waals surface area contributed by atoms with E-state index in [1.165, 1.54) is 29.3 Å². The van der Waals surface area contributed by atoms with E-state index < -0.39 is 5.41 Å². The van der Waals surface area contributed by atoms with Crippen molar-refractivity contribution in [3.8, 4) is 0 Å². The third-order valence-corrected chi connectivity index (χ3v) is 7.47. The van der Waals surface area contributed by atoms with Crippen LogP contribution < -0.4 is 0 Å². The molecule has 1 saturated heterocycles. The maximum absolute atomic E-state index is 13.8. The van der Waals surface area contributed by atoms with Crippen LogP contribution in [0.5, 0.6) is 0 Å².